The molecule has 0 amide bonds. The summed E-state index contributed by atoms with van der Waals surface area (Å²) in [5.74, 6) is 0. The van der Waals surface area contributed by atoms with Crippen LogP contribution in [-0.2, 0) is 12.8 Å². The van der Waals surface area contributed by atoms with Crippen LogP contribution in [-0.4, -0.2) is 23.1 Å². The van der Waals surface area contributed by atoms with E-state index < -0.39 is 0 Å². The molecule has 0 saturated carbocycles. The predicted molar refractivity (Wildman–Crippen MR) is 38.4 cm³/mol. The molecule has 0 saturated heterocycles. The van der Waals surface area contributed by atoms with Crippen molar-refractivity contribution in [3.63, 3.8) is 0 Å². The average molecular weight is 207 g/mol. The second-order valence-corrected chi connectivity index (χ2v) is 2.19. The van der Waals surface area contributed by atoms with Crippen molar-refractivity contribution in [2.75, 3.05) is 0 Å². The van der Waals surface area contributed by atoms with Gasteiger partial charge in [0.1, 0.15) is 0 Å². The van der Waals surface area contributed by atoms with Crippen molar-refractivity contribution in [1.29, 1.82) is 0 Å². The van der Waals surface area contributed by atoms with Crippen LogP contribution in [0.1, 0.15) is 11.1 Å². The maximum Gasteiger partial charge on any atom is 2.00 e. The molecule has 10 heavy (non-hydrogen) atoms. The fraction of sp³-hybridized carbons (Fsp3) is 0.250. The van der Waals surface area contributed by atoms with Crippen molar-refractivity contribution in [1.82, 2.24) is 0 Å². The number of fused-ring (bicyclic) bond motifs is 1. The van der Waals surface area contributed by atoms with E-state index in [1.807, 2.05) is 6.07 Å². The molecule has 0 spiro atoms. The first kappa shape index (κ1) is 10.5. The first-order valence-electron chi connectivity index (χ1n) is 2.95. The van der Waals surface area contributed by atoms with Gasteiger partial charge in [0.25, 0.3) is 0 Å². The molecule has 0 nitrogen and oxygen atoms in total. The number of aryl methyl sites for hydroxylation is 2. The fourth-order valence-corrected chi connectivity index (χ4v) is 1.07. The van der Waals surface area contributed by atoms with Gasteiger partial charge in [-0.3, -0.25) is 0 Å². The van der Waals surface area contributed by atoms with Gasteiger partial charge in [0.05, 0.1) is 0 Å². The van der Waals surface area contributed by atoms with E-state index in [1.165, 1.54) is 24.0 Å². The summed E-state index contributed by atoms with van der Waals surface area (Å²) in [6.45, 7) is 0. The molecule has 48 valence electrons. The van der Waals surface area contributed by atoms with Crippen LogP contribution < -0.4 is 17.0 Å². The summed E-state index contributed by atoms with van der Waals surface area (Å²) in [5, 5.41) is 0. The van der Waals surface area contributed by atoms with Crippen LogP contribution in [0, 0.1) is 6.07 Å². The van der Waals surface area contributed by atoms with Gasteiger partial charge in [-0.1, -0.05) is 12.8 Å². The van der Waals surface area contributed by atoms with E-state index in [-0.39, 0.29) is 40.0 Å². The quantitative estimate of drug-likeness (QED) is 0.348. The van der Waals surface area contributed by atoms with Crippen LogP contribution in [0.5, 0.6) is 0 Å². The Hall–Kier alpha value is 0.466. The number of rotatable bonds is 0. The normalized spacial score (nSPS) is 11.6. The number of halogens is 1. The molecule has 0 aliphatic heterocycles. The summed E-state index contributed by atoms with van der Waals surface area (Å²) >= 11 is 0. The van der Waals surface area contributed by atoms with Crippen molar-refractivity contribution in [3.05, 3.63) is 35.4 Å². The second kappa shape index (κ2) is 4.37. The van der Waals surface area contributed by atoms with E-state index in [0.717, 1.165) is 0 Å². The molecule has 1 aromatic rings. The fourth-order valence-electron chi connectivity index (χ4n) is 1.07. The van der Waals surface area contributed by atoms with Crippen molar-refractivity contribution in [3.8, 4) is 0 Å². The van der Waals surface area contributed by atoms with Crippen LogP contribution in [0.25, 0.3) is 0 Å². The average Bonchev–Trinajstić information content (AvgIpc) is 1.72. The summed E-state index contributed by atoms with van der Waals surface area (Å²) < 4.78 is 0. The zero-order chi connectivity index (χ0) is 5.40. The summed E-state index contributed by atoms with van der Waals surface area (Å²) in [4.78, 5) is 0. The zero-order valence-corrected chi connectivity index (χ0v) is 8.73. The molecule has 1 aromatic carbocycles. The minimum atomic E-state index is 0. The summed E-state index contributed by atoms with van der Waals surface area (Å²) in [7, 11) is 0. The maximum absolute atomic E-state index is 3.05. The number of hydrogen-bond donors (Lipinski definition) is 0. The van der Waals surface area contributed by atoms with Crippen LogP contribution in [0.15, 0.2) is 18.2 Å². The van der Waals surface area contributed by atoms with Gasteiger partial charge in [0.15, 0.2) is 0 Å². The summed E-state index contributed by atoms with van der Waals surface area (Å²) in [6, 6.07) is 9.27. The van der Waals surface area contributed by atoms with Gasteiger partial charge < -0.3 is 17.0 Å². The molecule has 2 heteroatoms. The molecule has 0 unspecified atom stereocenters. The molecule has 1 aliphatic carbocycles. The molecule has 0 heterocycles. The van der Waals surface area contributed by atoms with E-state index in [4.69, 9.17) is 0 Å². The van der Waals surface area contributed by atoms with E-state index in [9.17, 15) is 0 Å². The molecular weight excluding hydrogens is 200 g/mol. The van der Waals surface area contributed by atoms with Gasteiger partial charge in [-0.15, -0.1) is 0 Å². The van der Waals surface area contributed by atoms with Gasteiger partial charge in [-0.2, -0.15) is 35.4 Å². The first-order valence-corrected chi connectivity index (χ1v) is 2.95. The van der Waals surface area contributed by atoms with Crippen molar-refractivity contribution >= 4 is 23.1 Å². The minimum Gasteiger partial charge on any atom is -1.00 e. The molecule has 0 aromatic heterocycles. The van der Waals surface area contributed by atoms with Gasteiger partial charge in [-0.25, -0.2) is 0 Å². The SMILES string of the molecule is [Br-].[Mg+2].[c-]1ccc2c(c1)CC2. The standard InChI is InChI=1S/C8H7.BrH.Mg/c1-2-4-8-6-5-7(8)3-1;;/h1,3-4H,5-6H2;1H;/q-1;;+2/p-1. The van der Waals surface area contributed by atoms with Crippen molar-refractivity contribution < 1.29 is 17.0 Å². The van der Waals surface area contributed by atoms with E-state index in [0.29, 0.717) is 0 Å². The van der Waals surface area contributed by atoms with E-state index in [2.05, 4.69) is 18.2 Å². The second-order valence-electron chi connectivity index (χ2n) is 2.19. The van der Waals surface area contributed by atoms with Gasteiger partial charge in [0.2, 0.25) is 0 Å². The smallest absolute Gasteiger partial charge is 1.00 e. The van der Waals surface area contributed by atoms with Crippen LogP contribution in [0.3, 0.4) is 0 Å². The molecule has 0 radical (unpaired) electrons. The Balaban J connectivity index is 0.000000405. The van der Waals surface area contributed by atoms with Crippen LogP contribution in [0.2, 0.25) is 0 Å². The Morgan fingerprint density at radius 1 is 1.20 bits per heavy atom. The van der Waals surface area contributed by atoms with Crippen LogP contribution in [0.4, 0.5) is 0 Å². The third-order valence-electron chi connectivity index (χ3n) is 1.71. The Morgan fingerprint density at radius 2 is 1.90 bits per heavy atom. The zero-order valence-electron chi connectivity index (χ0n) is 5.73. The third-order valence-corrected chi connectivity index (χ3v) is 1.71. The molecule has 0 bridgehead atoms. The Morgan fingerprint density at radius 3 is 2.20 bits per heavy atom. The molecule has 0 N–H and O–H groups in total. The topological polar surface area (TPSA) is 0 Å². The Labute approximate surface area is 87.9 Å². The van der Waals surface area contributed by atoms with Gasteiger partial charge >= 0.3 is 23.1 Å². The van der Waals surface area contributed by atoms with Gasteiger partial charge in [-0.05, 0) is 0 Å². The predicted octanol–water partition coefficient (Wildman–Crippen LogP) is -1.79. The Bertz CT molecular complexity index is 187. The van der Waals surface area contributed by atoms with Crippen molar-refractivity contribution in [2.45, 2.75) is 12.8 Å². The number of benzene rings is 1. The molecule has 0 atom stereocenters. The monoisotopic (exact) mass is 206 g/mol. The first-order chi connectivity index (χ1) is 3.97. The van der Waals surface area contributed by atoms with Gasteiger partial charge in [0, 0.05) is 0 Å². The largest absolute Gasteiger partial charge is 2.00 e. The van der Waals surface area contributed by atoms with Crippen LogP contribution >= 0.6 is 0 Å². The maximum atomic E-state index is 3.05. The molecule has 1 aliphatic rings. The summed E-state index contributed by atoms with van der Waals surface area (Å²) in [5.41, 5.74) is 3.01. The number of hydrogen-bond acceptors (Lipinski definition) is 0. The minimum absolute atomic E-state index is 0. The van der Waals surface area contributed by atoms with Crippen molar-refractivity contribution in [2.24, 2.45) is 0 Å². The third kappa shape index (κ3) is 1.74. The summed E-state index contributed by atoms with van der Waals surface area (Å²) in [6.07, 6.45) is 2.55. The van der Waals surface area contributed by atoms with E-state index >= 15 is 0 Å². The molecule has 0 fully saturated rings. The Kier molecular flexibility index (Phi) is 4.57. The molecular formula is C8H7BrMg. The molecule has 2 rings (SSSR count). The van der Waals surface area contributed by atoms with E-state index in [1.54, 1.807) is 0 Å².